The first kappa shape index (κ1) is 7.32. The lowest BCUT2D eigenvalue weighted by Crippen LogP contribution is -2.51. The van der Waals surface area contributed by atoms with E-state index >= 15 is 0 Å². The molecule has 0 bridgehead atoms. The fraction of sp³-hybridized carbons (Fsp3) is 0.778. The third kappa shape index (κ3) is 0.603. The van der Waals surface area contributed by atoms with Gasteiger partial charge in [0.05, 0.1) is 11.7 Å². The highest BCUT2D eigenvalue weighted by molar-refractivity contribution is 5.33. The fourth-order valence-electron chi connectivity index (χ4n) is 2.32. The first-order valence-corrected chi connectivity index (χ1v) is 4.08. The van der Waals surface area contributed by atoms with Crippen molar-refractivity contribution in [1.29, 1.82) is 0 Å². The summed E-state index contributed by atoms with van der Waals surface area (Å²) in [7, 11) is 1.72. The first-order chi connectivity index (χ1) is 5.15. The standard InChI is InChI=1S/C9H14O2/c1-8-5-6-9(8,11-2)4-3-7(8)10/h5-7,10H,3-4H2,1-2H3/t7-,8-,9+/m1/s1. The van der Waals surface area contributed by atoms with E-state index in [1.165, 1.54) is 0 Å². The van der Waals surface area contributed by atoms with Gasteiger partial charge in [-0.15, -0.1) is 0 Å². The van der Waals surface area contributed by atoms with Crippen LogP contribution in [-0.2, 0) is 4.74 Å². The summed E-state index contributed by atoms with van der Waals surface area (Å²) in [6.07, 6.45) is 5.74. The largest absolute Gasteiger partial charge is 0.392 e. The van der Waals surface area contributed by atoms with Gasteiger partial charge in [-0.25, -0.2) is 0 Å². The minimum Gasteiger partial charge on any atom is -0.392 e. The molecule has 2 nitrogen and oxygen atoms in total. The Hall–Kier alpha value is -0.340. The molecule has 0 aliphatic heterocycles. The van der Waals surface area contributed by atoms with Crippen LogP contribution < -0.4 is 0 Å². The highest BCUT2D eigenvalue weighted by Crippen LogP contribution is 2.56. The Balaban J connectivity index is 2.35. The molecule has 2 heteroatoms. The number of ether oxygens (including phenoxy) is 1. The normalized spacial score (nSPS) is 53.9. The molecule has 0 radical (unpaired) electrons. The number of fused-ring (bicyclic) bond motifs is 1. The maximum absolute atomic E-state index is 9.64. The van der Waals surface area contributed by atoms with Crippen molar-refractivity contribution in [3.05, 3.63) is 12.2 Å². The Morgan fingerprint density at radius 1 is 1.55 bits per heavy atom. The highest BCUT2D eigenvalue weighted by Gasteiger charge is 2.59. The van der Waals surface area contributed by atoms with Crippen LogP contribution in [0, 0.1) is 5.41 Å². The first-order valence-electron chi connectivity index (χ1n) is 4.08. The van der Waals surface area contributed by atoms with Crippen molar-refractivity contribution in [2.75, 3.05) is 7.11 Å². The number of methoxy groups -OCH3 is 1. The zero-order valence-electron chi connectivity index (χ0n) is 7.00. The molecular formula is C9H14O2. The van der Waals surface area contributed by atoms with Gasteiger partial charge in [-0.3, -0.25) is 0 Å². The van der Waals surface area contributed by atoms with Crippen molar-refractivity contribution >= 4 is 0 Å². The monoisotopic (exact) mass is 154 g/mol. The molecule has 0 aromatic rings. The maximum atomic E-state index is 9.64. The Labute approximate surface area is 66.9 Å². The molecule has 0 amide bonds. The van der Waals surface area contributed by atoms with Gasteiger partial charge in [0, 0.05) is 12.5 Å². The molecule has 2 aliphatic rings. The number of rotatable bonds is 1. The van der Waals surface area contributed by atoms with E-state index in [4.69, 9.17) is 4.74 Å². The lowest BCUT2D eigenvalue weighted by Gasteiger charge is -2.47. The molecule has 3 atom stereocenters. The van der Waals surface area contributed by atoms with E-state index in [1.807, 2.05) is 0 Å². The molecule has 0 saturated heterocycles. The predicted octanol–water partition coefficient (Wildman–Crippen LogP) is 1.10. The Morgan fingerprint density at radius 3 is 2.55 bits per heavy atom. The van der Waals surface area contributed by atoms with E-state index in [0.717, 1.165) is 12.8 Å². The Kier molecular flexibility index (Phi) is 1.25. The highest BCUT2D eigenvalue weighted by atomic mass is 16.5. The summed E-state index contributed by atoms with van der Waals surface area (Å²) in [6.45, 7) is 2.06. The third-order valence-corrected chi connectivity index (χ3v) is 3.46. The van der Waals surface area contributed by atoms with Gasteiger partial charge in [0.1, 0.15) is 0 Å². The third-order valence-electron chi connectivity index (χ3n) is 3.46. The van der Waals surface area contributed by atoms with Crippen molar-refractivity contribution < 1.29 is 9.84 Å². The summed E-state index contributed by atoms with van der Waals surface area (Å²) in [5.41, 5.74) is -0.256. The van der Waals surface area contributed by atoms with Crippen molar-refractivity contribution in [1.82, 2.24) is 0 Å². The fourth-order valence-corrected chi connectivity index (χ4v) is 2.32. The molecule has 1 saturated carbocycles. The molecular weight excluding hydrogens is 140 g/mol. The molecule has 2 rings (SSSR count). The minimum atomic E-state index is -0.215. The lowest BCUT2D eigenvalue weighted by atomic mass is 9.66. The topological polar surface area (TPSA) is 29.5 Å². The predicted molar refractivity (Wildman–Crippen MR) is 42.2 cm³/mol. The SMILES string of the molecule is CO[C@@]12C=C[C@]1(C)[C@H](O)CC2. The lowest BCUT2D eigenvalue weighted by molar-refractivity contribution is -0.0788. The van der Waals surface area contributed by atoms with E-state index in [2.05, 4.69) is 19.1 Å². The summed E-state index contributed by atoms with van der Waals surface area (Å²) >= 11 is 0. The van der Waals surface area contributed by atoms with E-state index in [0.29, 0.717) is 0 Å². The van der Waals surface area contributed by atoms with Gasteiger partial charge in [-0.2, -0.15) is 0 Å². The molecule has 0 spiro atoms. The van der Waals surface area contributed by atoms with Gasteiger partial charge in [-0.1, -0.05) is 19.1 Å². The summed E-state index contributed by atoms with van der Waals surface area (Å²) < 4.78 is 5.42. The summed E-state index contributed by atoms with van der Waals surface area (Å²) in [5.74, 6) is 0. The van der Waals surface area contributed by atoms with Crippen LogP contribution in [0.5, 0.6) is 0 Å². The summed E-state index contributed by atoms with van der Waals surface area (Å²) in [5, 5.41) is 9.64. The molecule has 2 aliphatic carbocycles. The molecule has 1 N–H and O–H groups in total. The summed E-state index contributed by atoms with van der Waals surface area (Å²) in [6, 6.07) is 0. The minimum absolute atomic E-state index is 0.109. The summed E-state index contributed by atoms with van der Waals surface area (Å²) in [4.78, 5) is 0. The number of hydrogen-bond donors (Lipinski definition) is 1. The van der Waals surface area contributed by atoms with Crippen molar-refractivity contribution in [3.63, 3.8) is 0 Å². The van der Waals surface area contributed by atoms with Gasteiger partial charge in [-0.05, 0) is 12.8 Å². The second-order valence-electron chi connectivity index (χ2n) is 3.76. The van der Waals surface area contributed by atoms with Crippen LogP contribution in [0.1, 0.15) is 19.8 Å². The van der Waals surface area contributed by atoms with E-state index < -0.39 is 0 Å². The van der Waals surface area contributed by atoms with Gasteiger partial charge in [0.25, 0.3) is 0 Å². The van der Waals surface area contributed by atoms with Crippen LogP contribution in [0.15, 0.2) is 12.2 Å². The molecule has 11 heavy (non-hydrogen) atoms. The van der Waals surface area contributed by atoms with Crippen molar-refractivity contribution in [2.24, 2.45) is 5.41 Å². The molecule has 0 aromatic heterocycles. The van der Waals surface area contributed by atoms with E-state index in [1.54, 1.807) is 7.11 Å². The van der Waals surface area contributed by atoms with Gasteiger partial charge in [0.15, 0.2) is 0 Å². The van der Waals surface area contributed by atoms with Crippen LogP contribution in [-0.4, -0.2) is 23.9 Å². The number of aliphatic hydroxyl groups excluding tert-OH is 1. The quantitative estimate of drug-likeness (QED) is 0.573. The van der Waals surface area contributed by atoms with Crippen LogP contribution in [0.2, 0.25) is 0 Å². The average molecular weight is 154 g/mol. The smallest absolute Gasteiger partial charge is 0.0972 e. The molecule has 1 fully saturated rings. The maximum Gasteiger partial charge on any atom is 0.0972 e. The molecule has 0 heterocycles. The van der Waals surface area contributed by atoms with Gasteiger partial charge < -0.3 is 9.84 Å². The van der Waals surface area contributed by atoms with Crippen LogP contribution in [0.25, 0.3) is 0 Å². The van der Waals surface area contributed by atoms with Crippen LogP contribution in [0.4, 0.5) is 0 Å². The van der Waals surface area contributed by atoms with Crippen LogP contribution in [0.3, 0.4) is 0 Å². The molecule has 62 valence electrons. The van der Waals surface area contributed by atoms with Gasteiger partial charge >= 0.3 is 0 Å². The molecule has 0 aromatic carbocycles. The molecule has 0 unspecified atom stereocenters. The average Bonchev–Trinajstić information content (AvgIpc) is 2.15. The number of hydrogen-bond acceptors (Lipinski definition) is 2. The second-order valence-corrected chi connectivity index (χ2v) is 3.76. The Bertz CT molecular complexity index is 206. The van der Waals surface area contributed by atoms with Crippen molar-refractivity contribution in [3.8, 4) is 0 Å². The van der Waals surface area contributed by atoms with E-state index in [9.17, 15) is 5.11 Å². The Morgan fingerprint density at radius 2 is 2.27 bits per heavy atom. The second kappa shape index (κ2) is 1.87. The number of aliphatic hydroxyl groups is 1. The van der Waals surface area contributed by atoms with Gasteiger partial charge in [0.2, 0.25) is 0 Å². The zero-order valence-corrected chi connectivity index (χ0v) is 7.00. The van der Waals surface area contributed by atoms with E-state index in [-0.39, 0.29) is 17.1 Å². The van der Waals surface area contributed by atoms with Crippen LogP contribution >= 0.6 is 0 Å². The van der Waals surface area contributed by atoms with Crippen molar-refractivity contribution in [2.45, 2.75) is 31.5 Å². The zero-order chi connectivity index (χ0) is 8.11.